The van der Waals surface area contributed by atoms with Gasteiger partial charge in [0.1, 0.15) is 22.6 Å². The predicted octanol–water partition coefficient (Wildman–Crippen LogP) is 1.34. The highest BCUT2D eigenvalue weighted by Crippen LogP contribution is 2.33. The molecular formula is C18H16FN3O4. The number of hydrogen-bond donors (Lipinski definition) is 1. The second-order valence-corrected chi connectivity index (χ2v) is 6.51. The molecule has 0 bridgehead atoms. The fraction of sp³-hybridized carbons (Fsp3) is 0.278. The van der Waals surface area contributed by atoms with E-state index in [1.165, 1.54) is 32.2 Å². The first-order valence-corrected chi connectivity index (χ1v) is 8.19. The molecule has 26 heavy (non-hydrogen) atoms. The summed E-state index contributed by atoms with van der Waals surface area (Å²) >= 11 is 0. The molecule has 2 heterocycles. The molecule has 1 aromatic carbocycles. The lowest BCUT2D eigenvalue weighted by Crippen LogP contribution is -2.41. The van der Waals surface area contributed by atoms with Crippen molar-refractivity contribution in [3.8, 4) is 11.4 Å². The van der Waals surface area contributed by atoms with E-state index in [1.807, 2.05) is 0 Å². The van der Waals surface area contributed by atoms with Crippen LogP contribution in [0.25, 0.3) is 16.7 Å². The van der Waals surface area contributed by atoms with Gasteiger partial charge in [0.05, 0.1) is 11.3 Å². The van der Waals surface area contributed by atoms with E-state index in [1.54, 1.807) is 6.07 Å². The molecule has 134 valence electrons. The summed E-state index contributed by atoms with van der Waals surface area (Å²) in [7, 11) is 1.38. The van der Waals surface area contributed by atoms with Gasteiger partial charge in [0, 0.05) is 13.1 Å². The maximum atomic E-state index is 14.4. The van der Waals surface area contributed by atoms with Gasteiger partial charge in [0.15, 0.2) is 0 Å². The molecule has 7 nitrogen and oxygen atoms in total. The van der Waals surface area contributed by atoms with Gasteiger partial charge in [-0.1, -0.05) is 12.1 Å². The zero-order chi connectivity index (χ0) is 18.7. The van der Waals surface area contributed by atoms with Crippen molar-refractivity contribution in [3.63, 3.8) is 0 Å². The van der Waals surface area contributed by atoms with Crippen molar-refractivity contribution in [2.45, 2.75) is 25.8 Å². The second kappa shape index (κ2) is 5.42. The van der Waals surface area contributed by atoms with E-state index < -0.39 is 28.4 Å². The van der Waals surface area contributed by atoms with Crippen LogP contribution in [0.15, 0.2) is 38.6 Å². The van der Waals surface area contributed by atoms with Crippen LogP contribution in [-0.4, -0.2) is 18.8 Å². The first kappa shape index (κ1) is 16.3. The van der Waals surface area contributed by atoms with Crippen molar-refractivity contribution in [2.24, 2.45) is 7.05 Å². The number of aryl methyl sites for hydroxylation is 1. The van der Waals surface area contributed by atoms with E-state index >= 15 is 0 Å². The highest BCUT2D eigenvalue weighted by molar-refractivity contribution is 5.84. The van der Waals surface area contributed by atoms with Crippen molar-refractivity contribution in [3.05, 3.63) is 66.8 Å². The van der Waals surface area contributed by atoms with Crippen LogP contribution in [0.2, 0.25) is 0 Å². The van der Waals surface area contributed by atoms with Gasteiger partial charge >= 0.3 is 5.69 Å². The normalized spacial score (nSPS) is 14.1. The van der Waals surface area contributed by atoms with Crippen LogP contribution >= 0.6 is 0 Å². The van der Waals surface area contributed by atoms with Gasteiger partial charge in [0.25, 0.3) is 11.1 Å². The molecule has 1 saturated carbocycles. The van der Waals surface area contributed by atoms with Crippen LogP contribution in [0.4, 0.5) is 4.39 Å². The Balaban J connectivity index is 2.35. The Hall–Kier alpha value is -3.16. The van der Waals surface area contributed by atoms with E-state index in [-0.39, 0.29) is 28.3 Å². The number of pyridine rings is 1. The molecule has 8 heteroatoms. The molecule has 0 atom stereocenters. The van der Waals surface area contributed by atoms with E-state index in [0.717, 1.165) is 13.7 Å². The number of rotatable bonds is 2. The molecule has 0 aliphatic heterocycles. The Morgan fingerprint density at radius 1 is 1.12 bits per heavy atom. The lowest BCUT2D eigenvalue weighted by Gasteiger charge is -2.18. The third-order valence-electron chi connectivity index (χ3n) is 4.81. The summed E-state index contributed by atoms with van der Waals surface area (Å²) in [5.74, 6) is -1.16. The Kier molecular flexibility index (Phi) is 3.40. The predicted molar refractivity (Wildman–Crippen MR) is 93.7 cm³/mol. The minimum absolute atomic E-state index is 0.00169. The summed E-state index contributed by atoms with van der Waals surface area (Å²) in [6, 6.07) is 5.32. The van der Waals surface area contributed by atoms with Crippen LogP contribution in [0.5, 0.6) is 5.75 Å². The van der Waals surface area contributed by atoms with Crippen LogP contribution < -0.4 is 16.8 Å². The smallest absolute Gasteiger partial charge is 0.337 e. The van der Waals surface area contributed by atoms with E-state index in [4.69, 9.17) is 0 Å². The third-order valence-corrected chi connectivity index (χ3v) is 4.81. The fourth-order valence-electron chi connectivity index (χ4n) is 3.28. The molecule has 0 radical (unpaired) electrons. The monoisotopic (exact) mass is 357 g/mol. The molecule has 3 aromatic rings. The Morgan fingerprint density at radius 2 is 1.77 bits per heavy atom. The molecule has 2 aromatic heterocycles. The number of fused-ring (bicyclic) bond motifs is 1. The third kappa shape index (κ3) is 2.08. The maximum Gasteiger partial charge on any atom is 0.337 e. The number of aromatic hydroxyl groups is 1. The molecule has 1 N–H and O–H groups in total. The quantitative estimate of drug-likeness (QED) is 0.750. The topological polar surface area (TPSA) is 86.2 Å². The van der Waals surface area contributed by atoms with Crippen LogP contribution in [0.3, 0.4) is 0 Å². The summed E-state index contributed by atoms with van der Waals surface area (Å²) in [4.78, 5) is 38.4. The summed E-state index contributed by atoms with van der Waals surface area (Å²) in [5, 5.41) is 10.3. The van der Waals surface area contributed by atoms with E-state index in [2.05, 4.69) is 0 Å². The van der Waals surface area contributed by atoms with Gasteiger partial charge < -0.3 is 5.11 Å². The van der Waals surface area contributed by atoms with Crippen LogP contribution in [0.1, 0.15) is 24.4 Å². The number of hydrogen-bond acceptors (Lipinski definition) is 4. The molecule has 0 unspecified atom stereocenters. The number of halogens is 1. The Morgan fingerprint density at radius 3 is 2.38 bits per heavy atom. The summed E-state index contributed by atoms with van der Waals surface area (Å²) < 4.78 is 17.6. The molecule has 4 rings (SSSR count). The van der Waals surface area contributed by atoms with Gasteiger partial charge in [-0.2, -0.15) is 0 Å². The SMILES string of the molecule is Cc1c(O)c2c(=O)n(C3CC3)c(=O)n(-c3ccccc3F)c2n(C)c1=O. The van der Waals surface area contributed by atoms with Crippen molar-refractivity contribution in [1.82, 2.24) is 13.7 Å². The highest BCUT2D eigenvalue weighted by Gasteiger charge is 2.31. The average Bonchev–Trinajstić information content (AvgIpc) is 3.43. The van der Waals surface area contributed by atoms with Crippen LogP contribution in [-0.2, 0) is 7.05 Å². The lowest BCUT2D eigenvalue weighted by atomic mass is 10.2. The lowest BCUT2D eigenvalue weighted by molar-refractivity contribution is 0.472. The van der Waals surface area contributed by atoms with Gasteiger partial charge in [-0.3, -0.25) is 18.7 Å². The van der Waals surface area contributed by atoms with Crippen molar-refractivity contribution in [1.29, 1.82) is 0 Å². The molecule has 0 spiro atoms. The Labute approximate surface area is 146 Å². The fourth-order valence-corrected chi connectivity index (χ4v) is 3.28. The van der Waals surface area contributed by atoms with E-state index in [0.29, 0.717) is 12.8 Å². The summed E-state index contributed by atoms with van der Waals surface area (Å²) in [6.07, 6.45) is 1.31. The summed E-state index contributed by atoms with van der Waals surface area (Å²) in [6.45, 7) is 1.40. The number of para-hydroxylation sites is 1. The van der Waals surface area contributed by atoms with Gasteiger partial charge in [-0.25, -0.2) is 13.8 Å². The molecule has 0 amide bonds. The zero-order valence-electron chi connectivity index (χ0n) is 14.2. The molecule has 0 saturated heterocycles. The number of benzene rings is 1. The molecule has 1 aliphatic rings. The number of nitrogens with zero attached hydrogens (tertiary/aromatic N) is 3. The highest BCUT2D eigenvalue weighted by atomic mass is 19.1. The first-order chi connectivity index (χ1) is 12.3. The van der Waals surface area contributed by atoms with Gasteiger partial charge in [0.2, 0.25) is 0 Å². The van der Waals surface area contributed by atoms with E-state index in [9.17, 15) is 23.9 Å². The van der Waals surface area contributed by atoms with Crippen molar-refractivity contribution >= 4 is 11.0 Å². The largest absolute Gasteiger partial charge is 0.506 e. The summed E-state index contributed by atoms with van der Waals surface area (Å²) in [5.41, 5.74) is -2.18. The minimum atomic E-state index is -0.728. The van der Waals surface area contributed by atoms with Crippen molar-refractivity contribution in [2.75, 3.05) is 0 Å². The average molecular weight is 357 g/mol. The Bertz CT molecular complexity index is 1250. The number of aromatic nitrogens is 3. The maximum absolute atomic E-state index is 14.4. The molecular weight excluding hydrogens is 341 g/mol. The molecule has 1 fully saturated rings. The first-order valence-electron chi connectivity index (χ1n) is 8.19. The zero-order valence-corrected chi connectivity index (χ0v) is 14.2. The van der Waals surface area contributed by atoms with Crippen LogP contribution in [0, 0.1) is 12.7 Å². The van der Waals surface area contributed by atoms with Gasteiger partial charge in [-0.05, 0) is 31.9 Å². The second-order valence-electron chi connectivity index (χ2n) is 6.51. The minimum Gasteiger partial charge on any atom is -0.506 e. The molecule has 1 aliphatic carbocycles. The van der Waals surface area contributed by atoms with Gasteiger partial charge in [-0.15, -0.1) is 0 Å². The standard InChI is InChI=1S/C18H16FN3O4/c1-9-14(23)13-15(20(2)16(9)24)22(12-6-4-3-5-11(12)19)18(26)21(17(13)25)10-7-8-10/h3-6,10,23H,7-8H2,1-2H3. The van der Waals surface area contributed by atoms with Crippen molar-refractivity contribution < 1.29 is 9.50 Å².